The van der Waals surface area contributed by atoms with Crippen molar-refractivity contribution in [1.82, 2.24) is 4.57 Å². The molecule has 2 aromatic carbocycles. The Labute approximate surface area is 120 Å². The molecule has 0 fully saturated rings. The molecule has 0 bridgehead atoms. The number of rotatable bonds is 3. The Balaban J connectivity index is 2.02. The van der Waals surface area contributed by atoms with E-state index >= 15 is 0 Å². The van der Waals surface area contributed by atoms with Crippen molar-refractivity contribution in [2.75, 3.05) is 0 Å². The smallest absolute Gasteiger partial charge is 0.0528 e. The molecular formula is C19H19N. The Kier molecular flexibility index (Phi) is 3.42. The molecule has 0 aliphatic heterocycles. The van der Waals surface area contributed by atoms with Gasteiger partial charge in [0.2, 0.25) is 0 Å². The maximum Gasteiger partial charge on any atom is 0.0528 e. The molecule has 1 heterocycles. The summed E-state index contributed by atoms with van der Waals surface area (Å²) in [5.74, 6) is 0. The first-order valence-corrected chi connectivity index (χ1v) is 7.11. The Bertz CT molecular complexity index is 687. The average molecular weight is 261 g/mol. The van der Waals surface area contributed by atoms with Crippen LogP contribution in [0.2, 0.25) is 0 Å². The zero-order chi connectivity index (χ0) is 13.9. The molecule has 1 heteroatoms. The summed E-state index contributed by atoms with van der Waals surface area (Å²) >= 11 is 0. The number of hydrogen-bond acceptors (Lipinski definition) is 0. The molecule has 0 atom stereocenters. The monoisotopic (exact) mass is 261 g/mol. The van der Waals surface area contributed by atoms with Crippen LogP contribution in [-0.2, 0) is 6.42 Å². The average Bonchev–Trinajstić information content (AvgIpc) is 2.97. The minimum atomic E-state index is 1.08. The van der Waals surface area contributed by atoms with Gasteiger partial charge in [-0.1, -0.05) is 48.9 Å². The van der Waals surface area contributed by atoms with Gasteiger partial charge in [0.25, 0.3) is 0 Å². The Morgan fingerprint density at radius 2 is 1.55 bits per heavy atom. The van der Waals surface area contributed by atoms with Crippen molar-refractivity contribution in [1.29, 1.82) is 0 Å². The van der Waals surface area contributed by atoms with Crippen molar-refractivity contribution in [2.45, 2.75) is 20.3 Å². The number of aryl methyl sites for hydroxylation is 2. The van der Waals surface area contributed by atoms with Crippen molar-refractivity contribution < 1.29 is 0 Å². The molecule has 0 unspecified atom stereocenters. The highest BCUT2D eigenvalue weighted by Crippen LogP contribution is 2.24. The Hall–Kier alpha value is -2.28. The van der Waals surface area contributed by atoms with Gasteiger partial charge in [-0.25, -0.2) is 0 Å². The van der Waals surface area contributed by atoms with E-state index in [0.717, 1.165) is 6.42 Å². The molecule has 0 aliphatic carbocycles. The molecule has 20 heavy (non-hydrogen) atoms. The first-order valence-electron chi connectivity index (χ1n) is 7.11. The highest BCUT2D eigenvalue weighted by Gasteiger charge is 2.05. The number of benzene rings is 2. The first kappa shape index (κ1) is 12.7. The third-order valence-corrected chi connectivity index (χ3v) is 3.72. The topological polar surface area (TPSA) is 4.93 Å². The molecule has 0 N–H and O–H groups in total. The minimum Gasteiger partial charge on any atom is -0.317 e. The fourth-order valence-corrected chi connectivity index (χ4v) is 2.46. The summed E-state index contributed by atoms with van der Waals surface area (Å²) < 4.78 is 2.24. The van der Waals surface area contributed by atoms with Crippen LogP contribution in [-0.4, -0.2) is 4.57 Å². The standard InChI is InChI=1S/C19H19N/c1-3-16-8-10-17(11-9-16)19-5-4-14-20(19)18-12-6-15(2)7-13-18/h4-14H,3H2,1-2H3. The minimum absolute atomic E-state index is 1.08. The van der Waals surface area contributed by atoms with Crippen molar-refractivity contribution in [2.24, 2.45) is 0 Å². The van der Waals surface area contributed by atoms with Gasteiger partial charge in [0.1, 0.15) is 0 Å². The zero-order valence-electron chi connectivity index (χ0n) is 12.0. The summed E-state index contributed by atoms with van der Waals surface area (Å²) in [5, 5.41) is 0. The van der Waals surface area contributed by atoms with E-state index in [4.69, 9.17) is 0 Å². The molecule has 0 spiro atoms. The van der Waals surface area contributed by atoms with E-state index in [9.17, 15) is 0 Å². The summed E-state index contributed by atoms with van der Waals surface area (Å²) in [4.78, 5) is 0. The van der Waals surface area contributed by atoms with E-state index in [-0.39, 0.29) is 0 Å². The second-order valence-electron chi connectivity index (χ2n) is 5.15. The van der Waals surface area contributed by atoms with Crippen LogP contribution in [0.5, 0.6) is 0 Å². The van der Waals surface area contributed by atoms with Gasteiger partial charge in [-0.15, -0.1) is 0 Å². The maximum absolute atomic E-state index is 2.24. The molecule has 1 aromatic heterocycles. The third kappa shape index (κ3) is 2.39. The zero-order valence-corrected chi connectivity index (χ0v) is 12.0. The van der Waals surface area contributed by atoms with E-state index in [1.165, 1.54) is 28.1 Å². The molecule has 0 aliphatic rings. The summed E-state index contributed by atoms with van der Waals surface area (Å²) in [6.45, 7) is 4.30. The predicted octanol–water partition coefficient (Wildman–Crippen LogP) is 5.02. The number of aromatic nitrogens is 1. The summed E-state index contributed by atoms with van der Waals surface area (Å²) in [6.07, 6.45) is 3.20. The van der Waals surface area contributed by atoms with Gasteiger partial charge in [0.15, 0.2) is 0 Å². The Morgan fingerprint density at radius 1 is 0.850 bits per heavy atom. The number of hydrogen-bond donors (Lipinski definition) is 0. The Morgan fingerprint density at radius 3 is 2.20 bits per heavy atom. The molecule has 0 saturated carbocycles. The quantitative estimate of drug-likeness (QED) is 0.624. The highest BCUT2D eigenvalue weighted by molar-refractivity contribution is 5.63. The molecule has 0 amide bonds. The molecule has 0 radical (unpaired) electrons. The van der Waals surface area contributed by atoms with Gasteiger partial charge in [-0.3, -0.25) is 0 Å². The summed E-state index contributed by atoms with van der Waals surface area (Å²) in [7, 11) is 0. The van der Waals surface area contributed by atoms with Crippen LogP contribution in [0.3, 0.4) is 0 Å². The van der Waals surface area contributed by atoms with Crippen LogP contribution >= 0.6 is 0 Å². The lowest BCUT2D eigenvalue weighted by Gasteiger charge is -2.10. The number of nitrogens with zero attached hydrogens (tertiary/aromatic N) is 1. The van der Waals surface area contributed by atoms with E-state index in [0.29, 0.717) is 0 Å². The maximum atomic E-state index is 2.24. The van der Waals surface area contributed by atoms with Gasteiger partial charge in [-0.2, -0.15) is 0 Å². The van der Waals surface area contributed by atoms with Gasteiger partial charge in [-0.05, 0) is 48.7 Å². The van der Waals surface area contributed by atoms with Gasteiger partial charge in [0, 0.05) is 11.9 Å². The van der Waals surface area contributed by atoms with E-state index < -0.39 is 0 Å². The lowest BCUT2D eigenvalue weighted by atomic mass is 10.1. The summed E-state index contributed by atoms with van der Waals surface area (Å²) in [6, 6.07) is 21.7. The van der Waals surface area contributed by atoms with Crippen molar-refractivity contribution >= 4 is 0 Å². The van der Waals surface area contributed by atoms with Crippen LogP contribution < -0.4 is 0 Å². The lowest BCUT2D eigenvalue weighted by molar-refractivity contribution is 1.08. The molecule has 3 aromatic rings. The van der Waals surface area contributed by atoms with Crippen LogP contribution in [0.15, 0.2) is 66.9 Å². The summed E-state index contributed by atoms with van der Waals surface area (Å²) in [5.41, 5.74) is 6.36. The predicted molar refractivity (Wildman–Crippen MR) is 85.3 cm³/mol. The molecule has 100 valence electrons. The first-order chi connectivity index (χ1) is 9.78. The normalized spacial score (nSPS) is 10.7. The van der Waals surface area contributed by atoms with E-state index in [1.54, 1.807) is 0 Å². The van der Waals surface area contributed by atoms with E-state index in [2.05, 4.69) is 85.3 Å². The molecule has 3 rings (SSSR count). The van der Waals surface area contributed by atoms with Gasteiger partial charge >= 0.3 is 0 Å². The van der Waals surface area contributed by atoms with Crippen molar-refractivity contribution in [3.63, 3.8) is 0 Å². The lowest BCUT2D eigenvalue weighted by Crippen LogP contribution is -1.95. The van der Waals surface area contributed by atoms with Gasteiger partial charge in [0.05, 0.1) is 5.69 Å². The van der Waals surface area contributed by atoms with Crippen LogP contribution in [0, 0.1) is 6.92 Å². The van der Waals surface area contributed by atoms with Crippen molar-refractivity contribution in [3.05, 3.63) is 78.0 Å². The SMILES string of the molecule is CCc1ccc(-c2cccn2-c2ccc(C)cc2)cc1. The van der Waals surface area contributed by atoms with Crippen LogP contribution in [0.25, 0.3) is 16.9 Å². The fourth-order valence-electron chi connectivity index (χ4n) is 2.46. The van der Waals surface area contributed by atoms with Crippen LogP contribution in [0.1, 0.15) is 18.1 Å². The van der Waals surface area contributed by atoms with E-state index in [1.807, 2.05) is 0 Å². The second kappa shape index (κ2) is 5.38. The van der Waals surface area contributed by atoms with Crippen LogP contribution in [0.4, 0.5) is 0 Å². The third-order valence-electron chi connectivity index (χ3n) is 3.72. The van der Waals surface area contributed by atoms with Crippen molar-refractivity contribution in [3.8, 4) is 16.9 Å². The molecule has 0 saturated heterocycles. The fraction of sp³-hybridized carbons (Fsp3) is 0.158. The van der Waals surface area contributed by atoms with Gasteiger partial charge < -0.3 is 4.57 Å². The second-order valence-corrected chi connectivity index (χ2v) is 5.15. The molecular weight excluding hydrogens is 242 g/mol. The molecule has 1 nitrogen and oxygen atoms in total. The highest BCUT2D eigenvalue weighted by atomic mass is 15.0. The largest absolute Gasteiger partial charge is 0.317 e.